The number of carboxylic acid groups (broad SMARTS) is 1. The average molecular weight is 487 g/mol. The van der Waals surface area contributed by atoms with Crippen LogP contribution in [-0.4, -0.2) is 60.5 Å². The SMILES string of the molecule is O=C(O)c1nn(CC(=O)N2[C@@H]3C[C@@H]3C[C@H]2C(=O)NC[C@H]2CC2(Cl)Cl)c2cc(F)c(F)cc12. The second-order valence-electron chi connectivity index (χ2n) is 8.62. The maximum atomic E-state index is 13.8. The molecular weight excluding hydrogens is 469 g/mol. The zero-order chi connectivity index (χ0) is 22.9. The van der Waals surface area contributed by atoms with Gasteiger partial charge in [0, 0.05) is 30.0 Å². The molecule has 3 aliphatic rings. The molecule has 2 aromatic rings. The van der Waals surface area contributed by atoms with E-state index in [0.29, 0.717) is 19.4 Å². The molecule has 12 heteroatoms. The molecule has 170 valence electrons. The lowest BCUT2D eigenvalue weighted by Crippen LogP contribution is -2.49. The van der Waals surface area contributed by atoms with Gasteiger partial charge in [0.15, 0.2) is 17.3 Å². The number of hydrogen-bond donors (Lipinski definition) is 2. The highest BCUT2D eigenvalue weighted by atomic mass is 35.5. The first kappa shape index (κ1) is 21.4. The largest absolute Gasteiger partial charge is 0.476 e. The molecule has 1 saturated heterocycles. The van der Waals surface area contributed by atoms with Crippen LogP contribution in [0.4, 0.5) is 8.78 Å². The van der Waals surface area contributed by atoms with Crippen molar-refractivity contribution in [3.63, 3.8) is 0 Å². The smallest absolute Gasteiger partial charge is 0.357 e. The number of hydrogen-bond acceptors (Lipinski definition) is 4. The fraction of sp³-hybridized carbons (Fsp3) is 0.500. The maximum Gasteiger partial charge on any atom is 0.357 e. The van der Waals surface area contributed by atoms with Crippen molar-refractivity contribution in [1.82, 2.24) is 20.0 Å². The van der Waals surface area contributed by atoms with Crippen LogP contribution >= 0.6 is 23.2 Å². The molecule has 8 nitrogen and oxygen atoms in total. The third-order valence-electron chi connectivity index (χ3n) is 6.45. The van der Waals surface area contributed by atoms with E-state index in [1.165, 1.54) is 4.90 Å². The number of nitrogens with one attached hydrogen (secondary N) is 1. The van der Waals surface area contributed by atoms with Crippen molar-refractivity contribution in [3.8, 4) is 0 Å². The van der Waals surface area contributed by atoms with E-state index in [1.807, 2.05) is 0 Å². The second-order valence-corrected chi connectivity index (χ2v) is 10.2. The Kier molecular flexibility index (Phi) is 4.86. The highest BCUT2D eigenvalue weighted by Crippen LogP contribution is 2.53. The first-order valence-corrected chi connectivity index (χ1v) is 10.9. The van der Waals surface area contributed by atoms with Crippen LogP contribution in [0.3, 0.4) is 0 Å². The van der Waals surface area contributed by atoms with Crippen molar-refractivity contribution in [2.75, 3.05) is 6.54 Å². The number of carbonyl (C=O) groups is 3. The molecule has 2 amide bonds. The number of aromatic nitrogens is 2. The molecule has 0 radical (unpaired) electrons. The Bertz CT molecular complexity index is 1170. The van der Waals surface area contributed by atoms with E-state index in [2.05, 4.69) is 10.4 Å². The van der Waals surface area contributed by atoms with Gasteiger partial charge >= 0.3 is 5.97 Å². The van der Waals surface area contributed by atoms with Crippen LogP contribution in [0.5, 0.6) is 0 Å². The van der Waals surface area contributed by atoms with Crippen molar-refractivity contribution in [2.45, 2.75) is 42.2 Å². The summed E-state index contributed by atoms with van der Waals surface area (Å²) >= 11 is 12.0. The van der Waals surface area contributed by atoms with E-state index >= 15 is 0 Å². The number of fused-ring (bicyclic) bond motifs is 2. The number of rotatable bonds is 6. The zero-order valence-electron chi connectivity index (χ0n) is 16.5. The number of aromatic carboxylic acids is 1. The van der Waals surface area contributed by atoms with Crippen molar-refractivity contribution >= 4 is 51.9 Å². The summed E-state index contributed by atoms with van der Waals surface area (Å²) in [4.78, 5) is 38.8. The van der Waals surface area contributed by atoms with Gasteiger partial charge in [-0.05, 0) is 31.2 Å². The van der Waals surface area contributed by atoms with Crippen LogP contribution in [0.15, 0.2) is 12.1 Å². The van der Waals surface area contributed by atoms with Gasteiger partial charge in [-0.2, -0.15) is 5.10 Å². The topological polar surface area (TPSA) is 105 Å². The molecule has 2 aliphatic carbocycles. The molecule has 2 N–H and O–H groups in total. The maximum absolute atomic E-state index is 13.8. The van der Waals surface area contributed by atoms with Crippen molar-refractivity contribution < 1.29 is 28.3 Å². The molecule has 0 spiro atoms. The van der Waals surface area contributed by atoms with Gasteiger partial charge in [0.05, 0.1) is 5.52 Å². The summed E-state index contributed by atoms with van der Waals surface area (Å²) in [5.74, 6) is -4.37. The predicted octanol–water partition coefficient (Wildman–Crippen LogP) is 2.31. The lowest BCUT2D eigenvalue weighted by Gasteiger charge is -2.27. The fourth-order valence-corrected chi connectivity index (χ4v) is 5.06. The average Bonchev–Trinajstić information content (AvgIpc) is 3.52. The highest BCUT2D eigenvalue weighted by molar-refractivity contribution is 6.50. The lowest BCUT2D eigenvalue weighted by molar-refractivity contribution is -0.140. The van der Waals surface area contributed by atoms with Gasteiger partial charge in [0.25, 0.3) is 0 Å². The Morgan fingerprint density at radius 3 is 2.56 bits per heavy atom. The zero-order valence-corrected chi connectivity index (χ0v) is 18.0. The number of nitrogens with zero attached hydrogens (tertiary/aromatic N) is 3. The lowest BCUT2D eigenvalue weighted by atomic mass is 10.1. The highest BCUT2D eigenvalue weighted by Gasteiger charge is 2.56. The number of halogens is 4. The Labute approximate surface area is 190 Å². The summed E-state index contributed by atoms with van der Waals surface area (Å²) in [6, 6.07) is 0.817. The molecule has 2 saturated carbocycles. The Morgan fingerprint density at radius 2 is 1.91 bits per heavy atom. The molecule has 3 fully saturated rings. The molecule has 32 heavy (non-hydrogen) atoms. The fourth-order valence-electron chi connectivity index (χ4n) is 4.54. The van der Waals surface area contributed by atoms with E-state index < -0.39 is 46.1 Å². The molecule has 1 aromatic carbocycles. The molecule has 4 atom stereocenters. The standard InChI is InChI=1S/C20H18Cl2F2N4O4/c21-20(22)5-9(20)6-25-18(30)15-2-8-1-13(8)28(15)16(29)7-27-14-4-12(24)11(23)3-10(14)17(26-27)19(31)32/h3-4,8-9,13,15H,1-2,5-7H2,(H,25,30)(H,31,32)/t8-,9-,13-,15+/m1/s1. The summed E-state index contributed by atoms with van der Waals surface area (Å²) in [5.41, 5.74) is -0.502. The summed E-state index contributed by atoms with van der Waals surface area (Å²) in [6.07, 6.45) is 1.90. The van der Waals surface area contributed by atoms with Crippen LogP contribution in [0, 0.1) is 23.5 Å². The summed E-state index contributed by atoms with van der Waals surface area (Å²) < 4.78 is 27.7. The second kappa shape index (κ2) is 7.28. The van der Waals surface area contributed by atoms with Crippen LogP contribution in [-0.2, 0) is 16.1 Å². The minimum atomic E-state index is -1.43. The number of carbonyl (C=O) groups excluding carboxylic acids is 2. The predicted molar refractivity (Wildman–Crippen MR) is 109 cm³/mol. The van der Waals surface area contributed by atoms with Gasteiger partial charge in [0.1, 0.15) is 16.9 Å². The van der Waals surface area contributed by atoms with Crippen molar-refractivity contribution in [3.05, 3.63) is 29.5 Å². The van der Waals surface area contributed by atoms with Crippen LogP contribution < -0.4 is 5.32 Å². The van der Waals surface area contributed by atoms with Crippen molar-refractivity contribution in [2.24, 2.45) is 11.8 Å². The van der Waals surface area contributed by atoms with E-state index in [1.54, 1.807) is 0 Å². The summed E-state index contributed by atoms with van der Waals surface area (Å²) in [5, 5.41) is 15.9. The minimum Gasteiger partial charge on any atom is -0.476 e. The van der Waals surface area contributed by atoms with Gasteiger partial charge in [-0.25, -0.2) is 13.6 Å². The Balaban J connectivity index is 1.36. The molecule has 0 unspecified atom stereocenters. The van der Waals surface area contributed by atoms with Gasteiger partial charge in [0.2, 0.25) is 11.8 Å². The van der Waals surface area contributed by atoms with Crippen LogP contribution in [0.2, 0.25) is 0 Å². The van der Waals surface area contributed by atoms with E-state index in [9.17, 15) is 28.3 Å². The molecule has 0 bridgehead atoms. The normalized spacial score (nSPS) is 27.3. The third kappa shape index (κ3) is 3.59. The molecule has 2 heterocycles. The van der Waals surface area contributed by atoms with Crippen molar-refractivity contribution in [1.29, 1.82) is 0 Å². The number of alkyl halides is 2. The third-order valence-corrected chi connectivity index (χ3v) is 7.38. The van der Waals surface area contributed by atoms with Gasteiger partial charge in [-0.1, -0.05) is 0 Å². The number of carboxylic acids is 1. The Morgan fingerprint density at radius 1 is 1.22 bits per heavy atom. The quantitative estimate of drug-likeness (QED) is 0.609. The molecule has 1 aliphatic heterocycles. The monoisotopic (exact) mass is 486 g/mol. The molecular formula is C20H18Cl2F2N4O4. The number of benzene rings is 1. The van der Waals surface area contributed by atoms with Crippen LogP contribution in [0.1, 0.15) is 29.8 Å². The number of amides is 2. The first-order chi connectivity index (χ1) is 15.1. The van der Waals surface area contributed by atoms with E-state index in [-0.39, 0.29) is 34.7 Å². The number of likely N-dealkylation sites (tertiary alicyclic amines) is 1. The Hall–Kier alpha value is -2.46. The first-order valence-electron chi connectivity index (χ1n) is 10.1. The number of piperidine rings is 1. The van der Waals surface area contributed by atoms with Gasteiger partial charge in [-0.3, -0.25) is 14.3 Å². The summed E-state index contributed by atoms with van der Waals surface area (Å²) in [7, 11) is 0. The molecule has 5 rings (SSSR count). The van der Waals surface area contributed by atoms with Gasteiger partial charge in [-0.15, -0.1) is 23.2 Å². The minimum absolute atomic E-state index is 0.0171. The van der Waals surface area contributed by atoms with Gasteiger partial charge < -0.3 is 15.3 Å². The summed E-state index contributed by atoms with van der Waals surface area (Å²) in [6.45, 7) is -0.0900. The molecule has 1 aromatic heterocycles. The van der Waals surface area contributed by atoms with E-state index in [0.717, 1.165) is 23.2 Å². The van der Waals surface area contributed by atoms with Crippen LogP contribution in [0.25, 0.3) is 10.9 Å². The van der Waals surface area contributed by atoms with E-state index in [4.69, 9.17) is 23.2 Å².